The van der Waals surface area contributed by atoms with Crippen molar-refractivity contribution in [2.45, 2.75) is 38.5 Å². The summed E-state index contributed by atoms with van der Waals surface area (Å²) in [6.45, 7) is 2.14. The maximum Gasteiger partial charge on any atom is 0.0900 e. The van der Waals surface area contributed by atoms with Crippen molar-refractivity contribution >= 4 is 11.3 Å². The van der Waals surface area contributed by atoms with Gasteiger partial charge in [0.15, 0.2) is 0 Å². The van der Waals surface area contributed by atoms with Crippen molar-refractivity contribution in [3.8, 4) is 0 Å². The first-order chi connectivity index (χ1) is 5.83. The van der Waals surface area contributed by atoms with Crippen LogP contribution in [0.15, 0.2) is 0 Å². The Morgan fingerprint density at radius 2 is 2.33 bits per heavy atom. The summed E-state index contributed by atoms with van der Waals surface area (Å²) in [6.07, 6.45) is 5.61. The first-order valence-electron chi connectivity index (χ1n) is 4.79. The molecule has 1 saturated carbocycles. The minimum atomic E-state index is 0.837. The van der Waals surface area contributed by atoms with Gasteiger partial charge in [0.2, 0.25) is 0 Å². The van der Waals surface area contributed by atoms with Gasteiger partial charge < -0.3 is 0 Å². The first kappa shape index (κ1) is 7.07. The molecule has 2 atom stereocenters. The SMILES string of the molecule is Cc1nc2c(s1)CC1CCC2C1. The molecule has 2 aliphatic carbocycles. The smallest absolute Gasteiger partial charge is 0.0900 e. The van der Waals surface area contributed by atoms with Crippen molar-refractivity contribution < 1.29 is 0 Å². The summed E-state index contributed by atoms with van der Waals surface area (Å²) in [5.74, 6) is 1.84. The fraction of sp³-hybridized carbons (Fsp3) is 0.700. The maximum absolute atomic E-state index is 4.65. The van der Waals surface area contributed by atoms with Gasteiger partial charge >= 0.3 is 0 Å². The van der Waals surface area contributed by atoms with Crippen LogP contribution in [0.5, 0.6) is 0 Å². The van der Waals surface area contributed by atoms with E-state index in [0.717, 1.165) is 11.8 Å². The van der Waals surface area contributed by atoms with Gasteiger partial charge in [-0.1, -0.05) is 0 Å². The van der Waals surface area contributed by atoms with Gasteiger partial charge in [-0.3, -0.25) is 0 Å². The van der Waals surface area contributed by atoms with Crippen molar-refractivity contribution in [3.63, 3.8) is 0 Å². The third-order valence-electron chi connectivity index (χ3n) is 3.24. The predicted molar refractivity (Wildman–Crippen MR) is 50.6 cm³/mol. The topological polar surface area (TPSA) is 12.9 Å². The van der Waals surface area contributed by atoms with E-state index in [9.17, 15) is 0 Å². The highest BCUT2D eigenvalue weighted by molar-refractivity contribution is 7.11. The molecule has 2 unspecified atom stereocenters. The Bertz CT molecular complexity index is 316. The van der Waals surface area contributed by atoms with Crippen molar-refractivity contribution in [2.75, 3.05) is 0 Å². The van der Waals surface area contributed by atoms with E-state index in [2.05, 4.69) is 11.9 Å². The van der Waals surface area contributed by atoms with Crippen LogP contribution in [0.1, 0.15) is 40.8 Å². The summed E-state index contributed by atoms with van der Waals surface area (Å²) in [7, 11) is 0. The van der Waals surface area contributed by atoms with E-state index in [1.54, 1.807) is 4.88 Å². The van der Waals surface area contributed by atoms with E-state index in [0.29, 0.717) is 0 Å². The Morgan fingerprint density at radius 3 is 3.25 bits per heavy atom. The van der Waals surface area contributed by atoms with Crippen LogP contribution in [-0.2, 0) is 6.42 Å². The van der Waals surface area contributed by atoms with E-state index in [4.69, 9.17) is 0 Å². The van der Waals surface area contributed by atoms with E-state index in [1.165, 1.54) is 36.4 Å². The highest BCUT2D eigenvalue weighted by Gasteiger charge is 2.34. The van der Waals surface area contributed by atoms with Gasteiger partial charge in [-0.2, -0.15) is 0 Å². The Hall–Kier alpha value is -0.370. The molecular formula is C10H13NS. The Morgan fingerprint density at radius 1 is 1.42 bits per heavy atom. The van der Waals surface area contributed by atoms with Crippen LogP contribution >= 0.6 is 11.3 Å². The Balaban J connectivity index is 2.11. The summed E-state index contributed by atoms with van der Waals surface area (Å²) >= 11 is 1.93. The van der Waals surface area contributed by atoms with E-state index in [-0.39, 0.29) is 0 Å². The molecule has 0 amide bonds. The normalized spacial score (nSPS) is 32.1. The van der Waals surface area contributed by atoms with Gasteiger partial charge in [0.1, 0.15) is 0 Å². The quantitative estimate of drug-likeness (QED) is 0.596. The van der Waals surface area contributed by atoms with Crippen LogP contribution in [0.3, 0.4) is 0 Å². The zero-order chi connectivity index (χ0) is 8.13. The van der Waals surface area contributed by atoms with E-state index in [1.807, 2.05) is 11.3 Å². The lowest BCUT2D eigenvalue weighted by Crippen LogP contribution is -2.08. The number of nitrogens with zero attached hydrogens (tertiary/aromatic N) is 1. The second kappa shape index (κ2) is 2.32. The van der Waals surface area contributed by atoms with Crippen LogP contribution in [0.25, 0.3) is 0 Å². The van der Waals surface area contributed by atoms with Crippen LogP contribution in [0.2, 0.25) is 0 Å². The Labute approximate surface area is 76.8 Å². The Kier molecular flexibility index (Phi) is 1.37. The fourth-order valence-electron chi connectivity index (χ4n) is 2.72. The molecule has 0 saturated heterocycles. The molecule has 3 rings (SSSR count). The average molecular weight is 179 g/mol. The monoisotopic (exact) mass is 179 g/mol. The number of aryl methyl sites for hydroxylation is 1. The predicted octanol–water partition coefficient (Wildman–Crippen LogP) is 2.89. The maximum atomic E-state index is 4.65. The third-order valence-corrected chi connectivity index (χ3v) is 4.25. The molecule has 0 spiro atoms. The second-order valence-corrected chi connectivity index (χ2v) is 5.41. The molecule has 1 heterocycles. The van der Waals surface area contributed by atoms with Crippen LogP contribution in [0.4, 0.5) is 0 Å². The van der Waals surface area contributed by atoms with E-state index >= 15 is 0 Å². The van der Waals surface area contributed by atoms with Crippen LogP contribution in [-0.4, -0.2) is 4.98 Å². The summed E-state index contributed by atoms with van der Waals surface area (Å²) in [6, 6.07) is 0. The first-order valence-corrected chi connectivity index (χ1v) is 5.61. The number of thiazole rings is 1. The van der Waals surface area contributed by atoms with Gasteiger partial charge in [-0.15, -0.1) is 11.3 Å². The van der Waals surface area contributed by atoms with Gasteiger partial charge in [0, 0.05) is 10.8 Å². The van der Waals surface area contributed by atoms with Crippen LogP contribution < -0.4 is 0 Å². The molecule has 64 valence electrons. The van der Waals surface area contributed by atoms with Crippen molar-refractivity contribution in [1.29, 1.82) is 0 Å². The summed E-state index contributed by atoms with van der Waals surface area (Å²) in [5, 5.41) is 1.27. The van der Waals surface area contributed by atoms with Gasteiger partial charge in [0.05, 0.1) is 10.7 Å². The second-order valence-electron chi connectivity index (χ2n) is 4.12. The lowest BCUT2D eigenvalue weighted by Gasteiger charge is -2.16. The van der Waals surface area contributed by atoms with Gasteiger partial charge in [0.25, 0.3) is 0 Å². The molecule has 0 N–H and O–H groups in total. The number of hydrogen-bond acceptors (Lipinski definition) is 2. The largest absolute Gasteiger partial charge is 0.246 e. The standard InChI is InChI=1S/C10H13NS/c1-6-11-10-8-3-2-7(4-8)5-9(10)12-6/h7-8H,2-5H2,1H3. The minimum Gasteiger partial charge on any atom is -0.246 e. The van der Waals surface area contributed by atoms with Gasteiger partial charge in [-0.05, 0) is 38.5 Å². The molecule has 2 bridgehead atoms. The molecule has 2 aliphatic rings. The summed E-state index contributed by atoms with van der Waals surface area (Å²) < 4.78 is 0. The van der Waals surface area contributed by atoms with Crippen molar-refractivity contribution in [3.05, 3.63) is 15.6 Å². The lowest BCUT2D eigenvalue weighted by atomic mass is 9.91. The number of rotatable bonds is 0. The molecule has 0 aromatic carbocycles. The third kappa shape index (κ3) is 0.875. The number of hydrogen-bond donors (Lipinski definition) is 0. The van der Waals surface area contributed by atoms with Crippen LogP contribution in [0, 0.1) is 12.8 Å². The highest BCUT2D eigenvalue weighted by atomic mass is 32.1. The van der Waals surface area contributed by atoms with Crippen molar-refractivity contribution in [2.24, 2.45) is 5.92 Å². The van der Waals surface area contributed by atoms with Gasteiger partial charge in [-0.25, -0.2) is 4.98 Å². The van der Waals surface area contributed by atoms with E-state index < -0.39 is 0 Å². The summed E-state index contributed by atoms with van der Waals surface area (Å²) in [5.41, 5.74) is 1.46. The molecule has 2 heteroatoms. The molecule has 1 nitrogen and oxygen atoms in total. The average Bonchev–Trinajstić information content (AvgIpc) is 2.57. The lowest BCUT2D eigenvalue weighted by molar-refractivity contribution is 0.511. The van der Waals surface area contributed by atoms with Crippen molar-refractivity contribution in [1.82, 2.24) is 4.98 Å². The molecule has 1 fully saturated rings. The molecule has 1 aromatic rings. The zero-order valence-corrected chi connectivity index (χ0v) is 8.16. The minimum absolute atomic E-state index is 0.837. The molecule has 1 aromatic heterocycles. The molecule has 0 aliphatic heterocycles. The highest BCUT2D eigenvalue weighted by Crippen LogP contribution is 2.47. The molecule has 12 heavy (non-hydrogen) atoms. The summed E-state index contributed by atoms with van der Waals surface area (Å²) in [4.78, 5) is 6.25. The fourth-order valence-corrected chi connectivity index (χ4v) is 3.86. The molecular weight excluding hydrogens is 166 g/mol. The zero-order valence-electron chi connectivity index (χ0n) is 7.34. The number of aromatic nitrogens is 1. The molecule has 0 radical (unpaired) electrons. The number of fused-ring (bicyclic) bond motifs is 4.